The molecule has 0 saturated heterocycles. The summed E-state index contributed by atoms with van der Waals surface area (Å²) in [6.07, 6.45) is 5.88. The molecule has 0 spiro atoms. The van der Waals surface area contributed by atoms with Crippen molar-refractivity contribution in [2.75, 3.05) is 25.5 Å². The van der Waals surface area contributed by atoms with Gasteiger partial charge in [-0.1, -0.05) is 37.0 Å². The summed E-state index contributed by atoms with van der Waals surface area (Å²) in [6, 6.07) is 4.19. The van der Waals surface area contributed by atoms with E-state index < -0.39 is 0 Å². The number of nitrogens with zero attached hydrogens (tertiary/aromatic N) is 2. The number of hydrogen-bond acceptors (Lipinski definition) is 3. The third-order valence-corrected chi connectivity index (χ3v) is 5.99. The van der Waals surface area contributed by atoms with E-state index in [1.807, 2.05) is 37.6 Å². The number of rotatable bonds is 7. The van der Waals surface area contributed by atoms with Gasteiger partial charge < -0.3 is 10.2 Å². The van der Waals surface area contributed by atoms with Crippen LogP contribution in [-0.4, -0.2) is 53.8 Å². The lowest BCUT2D eigenvalue weighted by Crippen LogP contribution is -2.51. The van der Waals surface area contributed by atoms with Gasteiger partial charge in [0.1, 0.15) is 0 Å². The molecule has 2 rings (SSSR count). The number of nitrogens with one attached hydrogen (secondary N) is 1. The zero-order valence-corrected chi connectivity index (χ0v) is 18.5. The first-order chi connectivity index (χ1) is 13.2. The maximum atomic E-state index is 13.1. The number of hydrogen-bond donors (Lipinski definition) is 1. The van der Waals surface area contributed by atoms with Crippen LogP contribution in [0.2, 0.25) is 0 Å². The van der Waals surface area contributed by atoms with Crippen molar-refractivity contribution in [3.63, 3.8) is 0 Å². The van der Waals surface area contributed by atoms with Gasteiger partial charge in [0.15, 0.2) is 0 Å². The van der Waals surface area contributed by atoms with Crippen LogP contribution in [0.4, 0.5) is 5.69 Å². The van der Waals surface area contributed by atoms with Crippen molar-refractivity contribution in [1.82, 2.24) is 9.80 Å². The average Bonchev–Trinajstić information content (AvgIpc) is 2.65. The lowest BCUT2D eigenvalue weighted by atomic mass is 9.93. The van der Waals surface area contributed by atoms with E-state index in [2.05, 4.69) is 31.3 Å². The van der Waals surface area contributed by atoms with Crippen molar-refractivity contribution in [3.05, 3.63) is 28.8 Å². The summed E-state index contributed by atoms with van der Waals surface area (Å²) < 4.78 is 0. The molecule has 0 aromatic heterocycles. The van der Waals surface area contributed by atoms with Crippen LogP contribution >= 0.6 is 0 Å². The molecule has 1 aliphatic carbocycles. The first-order valence-electron chi connectivity index (χ1n) is 10.6. The second-order valence-corrected chi connectivity index (χ2v) is 8.33. The molecule has 28 heavy (non-hydrogen) atoms. The molecule has 0 aliphatic heterocycles. The summed E-state index contributed by atoms with van der Waals surface area (Å²) in [6.45, 7) is 11.0. The van der Waals surface area contributed by atoms with Gasteiger partial charge >= 0.3 is 0 Å². The van der Waals surface area contributed by atoms with Gasteiger partial charge in [-0.25, -0.2) is 0 Å². The molecule has 0 bridgehead atoms. The van der Waals surface area contributed by atoms with Crippen LogP contribution in [0.1, 0.15) is 62.6 Å². The van der Waals surface area contributed by atoms with E-state index in [-0.39, 0.29) is 24.4 Å². The summed E-state index contributed by atoms with van der Waals surface area (Å²) in [5, 5.41) is 3.03. The van der Waals surface area contributed by atoms with Gasteiger partial charge in [-0.3, -0.25) is 14.5 Å². The van der Waals surface area contributed by atoms with Gasteiger partial charge in [0.2, 0.25) is 11.8 Å². The highest BCUT2D eigenvalue weighted by atomic mass is 16.2. The molecule has 1 aromatic rings. The third kappa shape index (κ3) is 5.57. The highest BCUT2D eigenvalue weighted by Gasteiger charge is 2.29. The fourth-order valence-corrected chi connectivity index (χ4v) is 4.33. The van der Waals surface area contributed by atoms with E-state index in [1.165, 1.54) is 24.8 Å². The Kier molecular flexibility index (Phi) is 8.05. The van der Waals surface area contributed by atoms with Crippen molar-refractivity contribution in [2.24, 2.45) is 0 Å². The smallest absolute Gasteiger partial charge is 0.239 e. The molecule has 5 heteroatoms. The van der Waals surface area contributed by atoms with E-state index in [0.717, 1.165) is 36.2 Å². The highest BCUT2D eigenvalue weighted by Crippen LogP contribution is 2.24. The lowest BCUT2D eigenvalue weighted by molar-refractivity contribution is -0.139. The number of likely N-dealkylation sites (N-methyl/N-ethyl adjacent to an activating group) is 2. The van der Waals surface area contributed by atoms with E-state index >= 15 is 0 Å². The van der Waals surface area contributed by atoms with Gasteiger partial charge in [-0.05, 0) is 65.6 Å². The number of carbonyl (C=O) groups is 2. The largest absolute Gasteiger partial charge is 0.339 e. The Morgan fingerprint density at radius 3 is 2.21 bits per heavy atom. The molecule has 1 saturated carbocycles. The molecule has 1 aromatic carbocycles. The minimum Gasteiger partial charge on any atom is -0.339 e. The predicted molar refractivity (Wildman–Crippen MR) is 116 cm³/mol. The Bertz CT molecular complexity index is 672. The predicted octanol–water partition coefficient (Wildman–Crippen LogP) is 4.05. The number of anilines is 1. The molecule has 156 valence electrons. The number of aryl methyl sites for hydroxylation is 3. The summed E-state index contributed by atoms with van der Waals surface area (Å²) >= 11 is 0. The average molecular weight is 388 g/mol. The first kappa shape index (κ1) is 22.4. The number of carbonyl (C=O) groups excluding carboxylic acids is 2. The molecular weight excluding hydrogens is 350 g/mol. The molecule has 1 fully saturated rings. The molecule has 0 radical (unpaired) electrons. The standard InChI is InChI=1S/C23H37N3O2/c1-7-26(20-11-9-8-10-12-20)23(28)19(5)25(6)15-21(27)24-22-17(3)13-16(2)14-18(22)4/h13-14,19-20H,7-12,15H2,1-6H3,(H,24,27). The lowest BCUT2D eigenvalue weighted by Gasteiger charge is -2.37. The maximum absolute atomic E-state index is 13.1. The Labute approximate surface area is 170 Å². The zero-order valence-electron chi connectivity index (χ0n) is 18.5. The summed E-state index contributed by atoms with van der Waals surface area (Å²) in [5.41, 5.74) is 4.19. The summed E-state index contributed by atoms with van der Waals surface area (Å²) in [5.74, 6) is 0.0466. The van der Waals surface area contributed by atoms with Gasteiger partial charge in [-0.15, -0.1) is 0 Å². The van der Waals surface area contributed by atoms with E-state index in [9.17, 15) is 9.59 Å². The highest BCUT2D eigenvalue weighted by molar-refractivity contribution is 5.94. The normalized spacial score (nSPS) is 16.1. The monoisotopic (exact) mass is 387 g/mol. The van der Waals surface area contributed by atoms with Crippen molar-refractivity contribution in [3.8, 4) is 0 Å². The summed E-state index contributed by atoms with van der Waals surface area (Å²) in [4.78, 5) is 29.5. The van der Waals surface area contributed by atoms with Gasteiger partial charge in [0.05, 0.1) is 12.6 Å². The van der Waals surface area contributed by atoms with Crippen LogP contribution in [0.5, 0.6) is 0 Å². The van der Waals surface area contributed by atoms with Crippen LogP contribution in [0, 0.1) is 20.8 Å². The summed E-state index contributed by atoms with van der Waals surface area (Å²) in [7, 11) is 1.85. The quantitative estimate of drug-likeness (QED) is 0.768. The van der Waals surface area contributed by atoms with Crippen molar-refractivity contribution in [1.29, 1.82) is 0 Å². The molecular formula is C23H37N3O2. The minimum atomic E-state index is -0.312. The topological polar surface area (TPSA) is 52.7 Å². The first-order valence-corrected chi connectivity index (χ1v) is 10.6. The second kappa shape index (κ2) is 10.1. The number of amides is 2. The number of benzene rings is 1. The Morgan fingerprint density at radius 2 is 1.68 bits per heavy atom. The second-order valence-electron chi connectivity index (χ2n) is 8.33. The Morgan fingerprint density at radius 1 is 1.11 bits per heavy atom. The van der Waals surface area contributed by atoms with Gasteiger partial charge in [-0.2, -0.15) is 0 Å². The Balaban J connectivity index is 1.97. The van der Waals surface area contributed by atoms with E-state index in [4.69, 9.17) is 0 Å². The molecule has 1 aliphatic rings. The van der Waals surface area contributed by atoms with Gasteiger partial charge in [0, 0.05) is 18.3 Å². The molecule has 1 N–H and O–H groups in total. The van der Waals surface area contributed by atoms with Crippen LogP contribution in [-0.2, 0) is 9.59 Å². The zero-order chi connectivity index (χ0) is 20.8. The molecule has 1 atom stereocenters. The molecule has 5 nitrogen and oxygen atoms in total. The van der Waals surface area contributed by atoms with Crippen LogP contribution < -0.4 is 5.32 Å². The van der Waals surface area contributed by atoms with Crippen molar-refractivity contribution < 1.29 is 9.59 Å². The maximum Gasteiger partial charge on any atom is 0.239 e. The molecule has 2 amide bonds. The van der Waals surface area contributed by atoms with E-state index in [1.54, 1.807) is 0 Å². The third-order valence-electron chi connectivity index (χ3n) is 5.99. The fourth-order valence-electron chi connectivity index (χ4n) is 4.33. The molecule has 1 unspecified atom stereocenters. The minimum absolute atomic E-state index is 0.0853. The SMILES string of the molecule is CCN(C(=O)C(C)N(C)CC(=O)Nc1c(C)cc(C)cc1C)C1CCCCC1. The fraction of sp³-hybridized carbons (Fsp3) is 0.652. The van der Waals surface area contributed by atoms with Gasteiger partial charge in [0.25, 0.3) is 0 Å². The van der Waals surface area contributed by atoms with E-state index in [0.29, 0.717) is 6.04 Å². The van der Waals surface area contributed by atoms with Crippen LogP contribution in [0.25, 0.3) is 0 Å². The van der Waals surface area contributed by atoms with Crippen molar-refractivity contribution >= 4 is 17.5 Å². The van der Waals surface area contributed by atoms with Crippen LogP contribution in [0.15, 0.2) is 12.1 Å². The Hall–Kier alpha value is -1.88. The molecule has 0 heterocycles. The van der Waals surface area contributed by atoms with Crippen molar-refractivity contribution in [2.45, 2.75) is 78.8 Å². The van der Waals surface area contributed by atoms with Crippen LogP contribution in [0.3, 0.4) is 0 Å².